The van der Waals surface area contributed by atoms with Gasteiger partial charge in [0.15, 0.2) is 0 Å². The molecule has 0 saturated heterocycles. The van der Waals surface area contributed by atoms with Gasteiger partial charge in [-0.2, -0.15) is 0 Å². The monoisotopic (exact) mass is 243 g/mol. The number of nitrogens with one attached hydrogen (secondary N) is 1. The van der Waals surface area contributed by atoms with Crippen LogP contribution in [0, 0.1) is 13.8 Å². The number of carbonyl (C=O) groups excluding carboxylic acids is 1. The number of halogens is 1. The Morgan fingerprint density at radius 3 is 2.81 bits per heavy atom. The minimum Gasteiger partial charge on any atom is -0.507 e. The fraction of sp³-hybridized carbons (Fsp3) is 0.364. The van der Waals surface area contributed by atoms with E-state index in [0.717, 1.165) is 5.56 Å². The molecule has 16 heavy (non-hydrogen) atoms. The van der Waals surface area contributed by atoms with E-state index in [9.17, 15) is 9.90 Å². The van der Waals surface area contributed by atoms with Gasteiger partial charge in [0.2, 0.25) is 0 Å². The lowest BCUT2D eigenvalue weighted by atomic mass is 10.1. The topological polar surface area (TPSA) is 58.6 Å². The van der Waals surface area contributed by atoms with Crippen LogP contribution in [0.4, 0.5) is 10.5 Å². The highest BCUT2D eigenvalue weighted by atomic mass is 35.5. The van der Waals surface area contributed by atoms with Gasteiger partial charge in [-0.1, -0.05) is 6.07 Å². The van der Waals surface area contributed by atoms with Crippen molar-refractivity contribution in [2.75, 3.05) is 17.8 Å². The summed E-state index contributed by atoms with van der Waals surface area (Å²) in [5.41, 5.74) is 1.91. The minimum atomic E-state index is -0.577. The lowest BCUT2D eigenvalue weighted by Crippen LogP contribution is -2.15. The van der Waals surface area contributed by atoms with E-state index in [1.165, 1.54) is 0 Å². The highest BCUT2D eigenvalue weighted by Gasteiger charge is 2.09. The first kappa shape index (κ1) is 12.6. The highest BCUT2D eigenvalue weighted by molar-refractivity contribution is 6.18. The average Bonchev–Trinajstić information content (AvgIpc) is 2.27. The largest absolute Gasteiger partial charge is 0.507 e. The number of rotatable bonds is 3. The molecule has 4 nitrogen and oxygen atoms in total. The first-order valence-corrected chi connectivity index (χ1v) is 5.38. The predicted molar refractivity (Wildman–Crippen MR) is 63.3 cm³/mol. The maximum absolute atomic E-state index is 11.2. The van der Waals surface area contributed by atoms with Crippen LogP contribution in [0.5, 0.6) is 5.75 Å². The summed E-state index contributed by atoms with van der Waals surface area (Å²) in [6.07, 6.45) is -0.577. The van der Waals surface area contributed by atoms with Crippen molar-refractivity contribution in [3.05, 3.63) is 23.3 Å². The Kier molecular flexibility index (Phi) is 4.43. The minimum absolute atomic E-state index is 0.157. The number of aryl methyl sites for hydroxylation is 1. The molecule has 0 aliphatic carbocycles. The molecule has 0 radical (unpaired) electrons. The van der Waals surface area contributed by atoms with Gasteiger partial charge in [0.25, 0.3) is 0 Å². The van der Waals surface area contributed by atoms with Gasteiger partial charge >= 0.3 is 6.09 Å². The van der Waals surface area contributed by atoms with E-state index in [1.54, 1.807) is 26.0 Å². The number of ether oxygens (including phenoxy) is 1. The molecule has 0 aliphatic heterocycles. The summed E-state index contributed by atoms with van der Waals surface area (Å²) < 4.78 is 4.76. The molecule has 1 amide bonds. The number of carbonyl (C=O) groups is 1. The van der Waals surface area contributed by atoms with E-state index in [4.69, 9.17) is 16.3 Å². The third kappa shape index (κ3) is 3.03. The van der Waals surface area contributed by atoms with Gasteiger partial charge < -0.3 is 9.84 Å². The lowest BCUT2D eigenvalue weighted by Gasteiger charge is -2.11. The number of hydrogen-bond acceptors (Lipinski definition) is 3. The van der Waals surface area contributed by atoms with Crippen LogP contribution in [-0.4, -0.2) is 23.7 Å². The van der Waals surface area contributed by atoms with Crippen LogP contribution in [0.25, 0.3) is 0 Å². The third-order valence-corrected chi connectivity index (χ3v) is 2.33. The van der Waals surface area contributed by atoms with Crippen molar-refractivity contribution >= 4 is 23.4 Å². The number of phenolic OH excluding ortho intramolecular Hbond substituents is 1. The van der Waals surface area contributed by atoms with Crippen LogP contribution in [0.15, 0.2) is 12.1 Å². The van der Waals surface area contributed by atoms with Crippen molar-refractivity contribution in [1.29, 1.82) is 0 Å². The molecule has 0 aromatic heterocycles. The Hall–Kier alpha value is -1.42. The summed E-state index contributed by atoms with van der Waals surface area (Å²) in [6, 6.07) is 3.44. The third-order valence-electron chi connectivity index (χ3n) is 2.18. The quantitative estimate of drug-likeness (QED) is 0.803. The molecule has 0 saturated carbocycles. The van der Waals surface area contributed by atoms with E-state index in [0.29, 0.717) is 11.3 Å². The molecule has 88 valence electrons. The Morgan fingerprint density at radius 2 is 2.19 bits per heavy atom. The molecule has 0 bridgehead atoms. The predicted octanol–water partition coefficient (Wildman–Crippen LogP) is 2.80. The summed E-state index contributed by atoms with van der Waals surface area (Å²) in [5.74, 6) is 0.432. The first-order chi connectivity index (χ1) is 7.56. The molecule has 2 N–H and O–H groups in total. The van der Waals surface area contributed by atoms with Crippen LogP contribution in [0.3, 0.4) is 0 Å². The number of phenols is 1. The van der Waals surface area contributed by atoms with Crippen LogP contribution >= 0.6 is 11.6 Å². The summed E-state index contributed by atoms with van der Waals surface area (Å²) in [5, 5.41) is 12.2. The molecular formula is C11H14ClNO3. The maximum Gasteiger partial charge on any atom is 0.411 e. The Labute approximate surface area is 99.2 Å². The van der Waals surface area contributed by atoms with E-state index in [-0.39, 0.29) is 18.2 Å². The van der Waals surface area contributed by atoms with Crippen molar-refractivity contribution in [2.24, 2.45) is 0 Å². The maximum atomic E-state index is 11.2. The van der Waals surface area contributed by atoms with Crippen molar-refractivity contribution in [3.8, 4) is 5.75 Å². The molecule has 0 unspecified atom stereocenters. The Balaban J connectivity index is 2.74. The van der Waals surface area contributed by atoms with Crippen LogP contribution < -0.4 is 5.32 Å². The zero-order valence-electron chi connectivity index (χ0n) is 9.21. The van der Waals surface area contributed by atoms with Gasteiger partial charge in [0.1, 0.15) is 12.4 Å². The SMILES string of the molecule is Cc1ccc(NC(=O)OCCCl)c(C)c1O. The fourth-order valence-corrected chi connectivity index (χ4v) is 1.33. The molecule has 0 fully saturated rings. The van der Waals surface area contributed by atoms with Crippen molar-refractivity contribution in [3.63, 3.8) is 0 Å². The van der Waals surface area contributed by atoms with E-state index >= 15 is 0 Å². The van der Waals surface area contributed by atoms with Gasteiger partial charge in [0, 0.05) is 5.56 Å². The van der Waals surface area contributed by atoms with Gasteiger partial charge in [-0.25, -0.2) is 4.79 Å². The number of anilines is 1. The molecule has 1 aromatic rings. The second-order valence-corrected chi connectivity index (χ2v) is 3.73. The summed E-state index contributed by atoms with van der Waals surface area (Å²) in [7, 11) is 0. The van der Waals surface area contributed by atoms with Crippen molar-refractivity contribution < 1.29 is 14.6 Å². The number of alkyl halides is 1. The Bertz CT molecular complexity index is 393. The van der Waals surface area contributed by atoms with Gasteiger partial charge in [-0.15, -0.1) is 11.6 Å². The van der Waals surface area contributed by atoms with Gasteiger partial charge in [0.05, 0.1) is 11.6 Å². The standard InChI is InChI=1S/C11H14ClNO3/c1-7-3-4-9(8(2)10(7)14)13-11(15)16-6-5-12/h3-4,14H,5-6H2,1-2H3,(H,13,15). The number of benzene rings is 1. The van der Waals surface area contributed by atoms with Crippen LogP contribution in [0.2, 0.25) is 0 Å². The van der Waals surface area contributed by atoms with E-state index in [2.05, 4.69) is 5.32 Å². The smallest absolute Gasteiger partial charge is 0.411 e. The van der Waals surface area contributed by atoms with Crippen molar-refractivity contribution in [1.82, 2.24) is 0 Å². The normalized spacial score (nSPS) is 9.94. The number of amides is 1. The average molecular weight is 244 g/mol. The molecular weight excluding hydrogens is 230 g/mol. The first-order valence-electron chi connectivity index (χ1n) is 4.85. The molecule has 0 heterocycles. The lowest BCUT2D eigenvalue weighted by molar-refractivity contribution is 0.168. The molecule has 1 aromatic carbocycles. The summed E-state index contributed by atoms with van der Waals surface area (Å²) >= 11 is 5.38. The van der Waals surface area contributed by atoms with Crippen molar-refractivity contribution in [2.45, 2.75) is 13.8 Å². The summed E-state index contributed by atoms with van der Waals surface area (Å²) in [6.45, 7) is 3.67. The fourth-order valence-electron chi connectivity index (χ4n) is 1.25. The molecule has 5 heteroatoms. The number of aromatic hydroxyl groups is 1. The molecule has 1 rings (SSSR count). The zero-order chi connectivity index (χ0) is 12.1. The van der Waals surface area contributed by atoms with Gasteiger partial charge in [-0.3, -0.25) is 5.32 Å². The van der Waals surface area contributed by atoms with E-state index < -0.39 is 6.09 Å². The zero-order valence-corrected chi connectivity index (χ0v) is 9.97. The molecule has 0 spiro atoms. The molecule has 0 aliphatic rings. The van der Waals surface area contributed by atoms with Gasteiger partial charge in [-0.05, 0) is 25.5 Å². The van der Waals surface area contributed by atoms with E-state index in [1.807, 2.05) is 0 Å². The van der Waals surface area contributed by atoms with Crippen LogP contribution in [-0.2, 0) is 4.74 Å². The number of hydrogen-bond donors (Lipinski definition) is 2. The van der Waals surface area contributed by atoms with Crippen LogP contribution in [0.1, 0.15) is 11.1 Å². The Morgan fingerprint density at radius 1 is 1.50 bits per heavy atom. The summed E-state index contributed by atoms with van der Waals surface area (Å²) in [4.78, 5) is 11.2. The highest BCUT2D eigenvalue weighted by Crippen LogP contribution is 2.27. The second kappa shape index (κ2) is 5.61. The molecule has 0 atom stereocenters. The second-order valence-electron chi connectivity index (χ2n) is 3.35.